The van der Waals surface area contributed by atoms with E-state index in [0.717, 1.165) is 69.5 Å². The molecule has 1 amide bonds. The van der Waals surface area contributed by atoms with Gasteiger partial charge in [0.1, 0.15) is 0 Å². The van der Waals surface area contributed by atoms with Gasteiger partial charge in [0.15, 0.2) is 5.65 Å². The number of carbonyl (C=O) groups is 1. The van der Waals surface area contributed by atoms with Crippen molar-refractivity contribution in [2.75, 3.05) is 19.6 Å². The van der Waals surface area contributed by atoms with Gasteiger partial charge in [-0.3, -0.25) is 14.7 Å². The van der Waals surface area contributed by atoms with Crippen molar-refractivity contribution in [1.29, 1.82) is 0 Å². The van der Waals surface area contributed by atoms with Crippen LogP contribution in [0.2, 0.25) is 0 Å². The number of fused-ring (bicyclic) bond motifs is 1. The summed E-state index contributed by atoms with van der Waals surface area (Å²) < 4.78 is 1.54. The number of amides is 1. The molecular formula is C22H31N5O2. The van der Waals surface area contributed by atoms with Crippen molar-refractivity contribution in [1.82, 2.24) is 24.4 Å². The third kappa shape index (κ3) is 3.50. The van der Waals surface area contributed by atoms with E-state index in [-0.39, 0.29) is 23.4 Å². The van der Waals surface area contributed by atoms with Crippen molar-refractivity contribution < 1.29 is 4.79 Å². The summed E-state index contributed by atoms with van der Waals surface area (Å²) in [6.45, 7) is 7.40. The van der Waals surface area contributed by atoms with E-state index >= 15 is 0 Å². The molecule has 1 saturated carbocycles. The second kappa shape index (κ2) is 7.27. The van der Waals surface area contributed by atoms with Gasteiger partial charge >= 0.3 is 0 Å². The van der Waals surface area contributed by atoms with Crippen LogP contribution in [0, 0.1) is 5.92 Å². The molecule has 4 heterocycles. The molecule has 0 spiro atoms. The number of likely N-dealkylation sites (tertiary alicyclic amines) is 2. The summed E-state index contributed by atoms with van der Waals surface area (Å²) in [5.41, 5.74) is 2.48. The number of piperidine rings is 1. The smallest absolute Gasteiger partial charge is 0.272 e. The average Bonchev–Trinajstić information content (AvgIpc) is 3.28. The molecule has 1 N–H and O–H groups in total. The van der Waals surface area contributed by atoms with Gasteiger partial charge in [-0.15, -0.1) is 0 Å². The second-order valence-corrected chi connectivity index (χ2v) is 9.29. The molecule has 3 fully saturated rings. The predicted octanol–water partition coefficient (Wildman–Crippen LogP) is 2.68. The van der Waals surface area contributed by atoms with E-state index in [1.54, 1.807) is 10.6 Å². The molecule has 0 bridgehead atoms. The van der Waals surface area contributed by atoms with Gasteiger partial charge in [-0.2, -0.15) is 0 Å². The van der Waals surface area contributed by atoms with Crippen LogP contribution in [-0.4, -0.2) is 56.0 Å². The second-order valence-electron chi connectivity index (χ2n) is 9.29. The molecule has 2 aromatic rings. The van der Waals surface area contributed by atoms with Crippen LogP contribution in [-0.2, 0) is 4.79 Å². The monoisotopic (exact) mass is 397 g/mol. The molecule has 1 aliphatic carbocycles. The van der Waals surface area contributed by atoms with Crippen LogP contribution < -0.4 is 5.56 Å². The lowest BCUT2D eigenvalue weighted by Gasteiger charge is -2.34. The highest BCUT2D eigenvalue weighted by atomic mass is 16.2. The Kier molecular flexibility index (Phi) is 4.73. The van der Waals surface area contributed by atoms with Crippen LogP contribution in [0.4, 0.5) is 0 Å². The minimum absolute atomic E-state index is 0.0435. The maximum Gasteiger partial charge on any atom is 0.272 e. The third-order valence-corrected chi connectivity index (χ3v) is 6.99. The van der Waals surface area contributed by atoms with Crippen LogP contribution in [0.1, 0.15) is 75.7 Å². The molecule has 1 atom stereocenters. The van der Waals surface area contributed by atoms with Gasteiger partial charge in [0.05, 0.1) is 17.4 Å². The van der Waals surface area contributed by atoms with Gasteiger partial charge in [-0.1, -0.05) is 0 Å². The Morgan fingerprint density at radius 3 is 2.55 bits per heavy atom. The number of hydrogen-bond donors (Lipinski definition) is 1. The molecule has 156 valence electrons. The zero-order valence-corrected chi connectivity index (χ0v) is 17.4. The highest BCUT2D eigenvalue weighted by Crippen LogP contribution is 2.38. The van der Waals surface area contributed by atoms with Crippen LogP contribution in [0.5, 0.6) is 0 Å². The van der Waals surface area contributed by atoms with E-state index in [9.17, 15) is 9.59 Å². The van der Waals surface area contributed by atoms with Gasteiger partial charge in [0.25, 0.3) is 5.56 Å². The first-order valence-corrected chi connectivity index (χ1v) is 11.2. The lowest BCUT2D eigenvalue weighted by molar-refractivity contribution is -0.133. The van der Waals surface area contributed by atoms with Crippen molar-refractivity contribution >= 4 is 11.6 Å². The molecule has 29 heavy (non-hydrogen) atoms. The fourth-order valence-electron chi connectivity index (χ4n) is 5.04. The van der Waals surface area contributed by atoms with E-state index in [4.69, 9.17) is 4.98 Å². The van der Waals surface area contributed by atoms with Crippen molar-refractivity contribution in [3.8, 4) is 0 Å². The summed E-state index contributed by atoms with van der Waals surface area (Å²) in [6.07, 6.45) is 6.10. The van der Waals surface area contributed by atoms with Gasteiger partial charge in [0, 0.05) is 36.6 Å². The molecule has 2 aromatic heterocycles. The largest absolute Gasteiger partial charge is 0.334 e. The zero-order chi connectivity index (χ0) is 20.1. The summed E-state index contributed by atoms with van der Waals surface area (Å²) in [4.78, 5) is 34.8. The molecule has 7 nitrogen and oxygen atoms in total. The number of rotatable bonds is 4. The summed E-state index contributed by atoms with van der Waals surface area (Å²) in [5.74, 6) is 0.855. The lowest BCUT2D eigenvalue weighted by Crippen LogP contribution is -2.38. The van der Waals surface area contributed by atoms with E-state index in [1.165, 1.54) is 0 Å². The van der Waals surface area contributed by atoms with E-state index in [1.807, 2.05) is 11.0 Å². The fourth-order valence-corrected chi connectivity index (χ4v) is 5.04. The minimum atomic E-state index is -0.0550. The topological polar surface area (TPSA) is 73.7 Å². The molecule has 5 rings (SSSR count). The maximum atomic E-state index is 12.8. The van der Waals surface area contributed by atoms with Gasteiger partial charge in [-0.25, -0.2) is 9.50 Å². The average molecular weight is 398 g/mol. The predicted molar refractivity (Wildman–Crippen MR) is 111 cm³/mol. The first-order valence-electron chi connectivity index (χ1n) is 11.2. The van der Waals surface area contributed by atoms with Crippen LogP contribution in [0.25, 0.3) is 5.65 Å². The molecule has 0 radical (unpaired) electrons. The first-order chi connectivity index (χ1) is 14.0. The number of aromatic amines is 1. The summed E-state index contributed by atoms with van der Waals surface area (Å²) in [7, 11) is 0. The number of hydrogen-bond acceptors (Lipinski definition) is 4. The van der Waals surface area contributed by atoms with Crippen molar-refractivity contribution in [3.63, 3.8) is 0 Å². The molecule has 2 aliphatic heterocycles. The fraction of sp³-hybridized carbons (Fsp3) is 0.682. The highest BCUT2D eigenvalue weighted by molar-refractivity contribution is 5.81. The van der Waals surface area contributed by atoms with E-state index in [0.29, 0.717) is 17.6 Å². The number of carbonyl (C=O) groups excluding carboxylic acids is 1. The highest BCUT2D eigenvalue weighted by Gasteiger charge is 2.39. The van der Waals surface area contributed by atoms with Crippen molar-refractivity contribution in [3.05, 3.63) is 33.9 Å². The quantitative estimate of drug-likeness (QED) is 0.861. The normalized spacial score (nSPS) is 24.1. The molecule has 3 aliphatic rings. The maximum absolute atomic E-state index is 12.8. The lowest BCUT2D eigenvalue weighted by atomic mass is 9.92. The molecule has 7 heteroatoms. The first kappa shape index (κ1) is 18.9. The Morgan fingerprint density at radius 1 is 1.10 bits per heavy atom. The minimum Gasteiger partial charge on any atom is -0.334 e. The van der Waals surface area contributed by atoms with Crippen LogP contribution in [0.15, 0.2) is 16.9 Å². The Labute approximate surface area is 171 Å². The van der Waals surface area contributed by atoms with E-state index < -0.39 is 0 Å². The summed E-state index contributed by atoms with van der Waals surface area (Å²) in [6, 6.07) is 4.29. The van der Waals surface area contributed by atoms with Gasteiger partial charge < -0.3 is 9.80 Å². The Bertz CT molecular complexity index is 965. The molecule has 0 aromatic carbocycles. The number of aromatic nitrogens is 3. The zero-order valence-electron chi connectivity index (χ0n) is 17.4. The third-order valence-electron chi connectivity index (χ3n) is 6.99. The van der Waals surface area contributed by atoms with Gasteiger partial charge in [-0.05, 0) is 65.5 Å². The Hall–Kier alpha value is -2.15. The van der Waals surface area contributed by atoms with E-state index in [2.05, 4.69) is 23.8 Å². The number of nitrogens with one attached hydrogen (secondary N) is 1. The Balaban J connectivity index is 1.40. The summed E-state index contributed by atoms with van der Waals surface area (Å²) >= 11 is 0. The van der Waals surface area contributed by atoms with Crippen molar-refractivity contribution in [2.24, 2.45) is 5.92 Å². The summed E-state index contributed by atoms with van der Waals surface area (Å²) in [5, 5.41) is 3.24. The number of nitrogens with zero attached hydrogens (tertiary/aromatic N) is 4. The number of H-pyrrole nitrogens is 1. The van der Waals surface area contributed by atoms with Crippen LogP contribution >= 0.6 is 0 Å². The molecular weight excluding hydrogens is 366 g/mol. The standard InChI is InChI=1S/C22H31N5O2/c1-14(2)25-10-7-15(8-11-25)17-13-21(28)27-20(23-17)12-18(24-27)19-4-3-9-26(19)22(29)16-5-6-16/h12-16,19,24H,3-11H2,1-2H3. The van der Waals surface area contributed by atoms with Crippen molar-refractivity contribution in [2.45, 2.75) is 70.4 Å². The van der Waals surface area contributed by atoms with Crippen LogP contribution in [0.3, 0.4) is 0 Å². The Morgan fingerprint density at radius 2 is 1.86 bits per heavy atom. The SMILES string of the molecule is CC(C)N1CCC(c2cc(=O)n3[nH]c(C4CCCN4C(=O)C4CC4)cc3n2)CC1. The molecule has 1 unspecified atom stereocenters. The molecule has 2 saturated heterocycles. The van der Waals surface area contributed by atoms with Gasteiger partial charge in [0.2, 0.25) is 5.91 Å².